The van der Waals surface area contributed by atoms with Gasteiger partial charge in [-0.2, -0.15) is 0 Å². The number of carbonyl (C=O) groups excluding carboxylic acids is 1. The van der Waals surface area contributed by atoms with Gasteiger partial charge in [0.1, 0.15) is 67.1 Å². The topological polar surface area (TPSA) is 332 Å². The first kappa shape index (κ1) is 33.3. The molecule has 0 aromatic rings. The Morgan fingerprint density at radius 2 is 1.45 bits per heavy atom. The summed E-state index contributed by atoms with van der Waals surface area (Å²) in [6.45, 7) is -0.898. The van der Waals surface area contributed by atoms with Crippen molar-refractivity contribution in [1.82, 2.24) is 5.32 Å². The van der Waals surface area contributed by atoms with Gasteiger partial charge in [-0.05, 0) is 19.4 Å². The first-order chi connectivity index (χ1) is 18.9. The SMILES string of the molecule is NCC[C@@H](O)C(=O)N[C@@H]1C[C@@H](N)[C@H](O[C@H]2O[C@@H](CN)[C@@H](O)[C@@H](O)[C@H]2O)[C@H](O)[C@@H]1O[C@H]1O[C@@H](CO)[C@@H](O)[C@@H](N)[C@H]1O. The van der Waals surface area contributed by atoms with Crippen LogP contribution in [-0.2, 0) is 23.7 Å². The molecule has 18 nitrogen and oxygen atoms in total. The second kappa shape index (κ2) is 14.3. The Kier molecular flexibility index (Phi) is 11.9. The molecule has 3 aliphatic rings. The highest BCUT2D eigenvalue weighted by Gasteiger charge is 2.52. The van der Waals surface area contributed by atoms with Crippen LogP contribution in [0.2, 0.25) is 0 Å². The van der Waals surface area contributed by atoms with E-state index in [1.165, 1.54) is 0 Å². The Labute approximate surface area is 229 Å². The molecule has 17 N–H and O–H groups in total. The third-order valence-electron chi connectivity index (χ3n) is 7.51. The molecule has 0 radical (unpaired) electrons. The van der Waals surface area contributed by atoms with Gasteiger partial charge in [0.25, 0.3) is 0 Å². The quantitative estimate of drug-likeness (QED) is 0.113. The molecule has 0 aromatic heterocycles. The molecule has 3 rings (SSSR count). The fourth-order valence-corrected chi connectivity index (χ4v) is 5.07. The Hall–Kier alpha value is -1.17. The Morgan fingerprint density at radius 3 is 2.05 bits per heavy atom. The molecule has 40 heavy (non-hydrogen) atoms. The summed E-state index contributed by atoms with van der Waals surface area (Å²) in [4.78, 5) is 12.6. The van der Waals surface area contributed by atoms with E-state index in [-0.39, 0.29) is 25.9 Å². The maximum Gasteiger partial charge on any atom is 0.249 e. The number of aliphatic hydroxyl groups excluding tert-OH is 8. The van der Waals surface area contributed by atoms with Crippen LogP contribution in [0.5, 0.6) is 0 Å². The summed E-state index contributed by atoms with van der Waals surface area (Å²) in [6.07, 6.45) is -19.8. The third kappa shape index (κ3) is 7.06. The molecule has 0 spiro atoms. The first-order valence-electron chi connectivity index (χ1n) is 13.1. The highest BCUT2D eigenvalue weighted by Crippen LogP contribution is 2.32. The van der Waals surface area contributed by atoms with Gasteiger partial charge in [-0.25, -0.2) is 0 Å². The lowest BCUT2D eigenvalue weighted by Crippen LogP contribution is -2.69. The van der Waals surface area contributed by atoms with Gasteiger partial charge in [0, 0.05) is 12.6 Å². The lowest BCUT2D eigenvalue weighted by atomic mass is 9.83. The van der Waals surface area contributed by atoms with Crippen molar-refractivity contribution in [3.63, 3.8) is 0 Å². The Bertz CT molecular complexity index is 815. The summed E-state index contributed by atoms with van der Waals surface area (Å²) in [5, 5.41) is 84.9. The van der Waals surface area contributed by atoms with Crippen LogP contribution in [-0.4, -0.2) is 164 Å². The van der Waals surface area contributed by atoms with Gasteiger partial charge in [-0.15, -0.1) is 0 Å². The molecule has 0 aromatic carbocycles. The van der Waals surface area contributed by atoms with Crippen LogP contribution in [0.15, 0.2) is 0 Å². The lowest BCUT2D eigenvalue weighted by Gasteiger charge is -2.49. The molecule has 0 unspecified atom stereocenters. The molecule has 2 heterocycles. The molecule has 2 aliphatic heterocycles. The summed E-state index contributed by atoms with van der Waals surface area (Å²) in [7, 11) is 0. The van der Waals surface area contributed by atoms with Crippen molar-refractivity contribution in [2.24, 2.45) is 22.9 Å². The summed E-state index contributed by atoms with van der Waals surface area (Å²) < 4.78 is 22.5. The van der Waals surface area contributed by atoms with Gasteiger partial charge in [0.05, 0.1) is 18.7 Å². The molecule has 2 saturated heterocycles. The van der Waals surface area contributed by atoms with E-state index in [1.54, 1.807) is 0 Å². The van der Waals surface area contributed by atoms with Crippen LogP contribution in [0.4, 0.5) is 0 Å². The van der Waals surface area contributed by atoms with E-state index in [0.717, 1.165) is 0 Å². The van der Waals surface area contributed by atoms with Crippen molar-refractivity contribution in [2.75, 3.05) is 19.7 Å². The summed E-state index contributed by atoms with van der Waals surface area (Å²) in [5.41, 5.74) is 23.1. The molecular formula is C22H43N5O13. The van der Waals surface area contributed by atoms with E-state index in [9.17, 15) is 45.6 Å². The van der Waals surface area contributed by atoms with Crippen molar-refractivity contribution >= 4 is 5.91 Å². The van der Waals surface area contributed by atoms with E-state index in [4.69, 9.17) is 41.9 Å². The van der Waals surface area contributed by atoms with Gasteiger partial charge in [-0.3, -0.25) is 4.79 Å². The van der Waals surface area contributed by atoms with Gasteiger partial charge in [0.15, 0.2) is 12.6 Å². The second-order valence-corrected chi connectivity index (χ2v) is 10.3. The molecule has 1 saturated carbocycles. The maximum absolute atomic E-state index is 12.6. The normalized spacial score (nSPS) is 47.0. The smallest absolute Gasteiger partial charge is 0.249 e. The number of hydrogen-bond donors (Lipinski definition) is 13. The average Bonchev–Trinajstić information content (AvgIpc) is 2.92. The Morgan fingerprint density at radius 1 is 0.850 bits per heavy atom. The fraction of sp³-hybridized carbons (Fsp3) is 0.955. The fourth-order valence-electron chi connectivity index (χ4n) is 5.07. The highest BCUT2D eigenvalue weighted by molar-refractivity contribution is 5.80. The van der Waals surface area contributed by atoms with E-state index >= 15 is 0 Å². The van der Waals surface area contributed by atoms with Crippen LogP contribution < -0.4 is 28.3 Å². The summed E-state index contributed by atoms with van der Waals surface area (Å²) in [6, 6.07) is -3.45. The largest absolute Gasteiger partial charge is 0.394 e. The van der Waals surface area contributed by atoms with Crippen molar-refractivity contribution < 1.29 is 64.6 Å². The molecular weight excluding hydrogens is 542 g/mol. The molecule has 1 aliphatic carbocycles. The van der Waals surface area contributed by atoms with Crippen LogP contribution in [0.25, 0.3) is 0 Å². The van der Waals surface area contributed by atoms with E-state index in [0.29, 0.717) is 0 Å². The van der Waals surface area contributed by atoms with Crippen LogP contribution in [0.1, 0.15) is 12.8 Å². The first-order valence-corrected chi connectivity index (χ1v) is 13.1. The molecule has 0 bridgehead atoms. The van der Waals surface area contributed by atoms with E-state index in [2.05, 4.69) is 5.32 Å². The third-order valence-corrected chi connectivity index (χ3v) is 7.51. The second-order valence-electron chi connectivity index (χ2n) is 10.3. The van der Waals surface area contributed by atoms with E-state index < -0.39 is 110 Å². The number of rotatable bonds is 10. The van der Waals surface area contributed by atoms with Crippen LogP contribution in [0.3, 0.4) is 0 Å². The van der Waals surface area contributed by atoms with Crippen molar-refractivity contribution in [2.45, 2.75) is 111 Å². The van der Waals surface area contributed by atoms with Crippen molar-refractivity contribution in [1.29, 1.82) is 0 Å². The highest BCUT2D eigenvalue weighted by atomic mass is 16.7. The van der Waals surface area contributed by atoms with Crippen molar-refractivity contribution in [3.05, 3.63) is 0 Å². The predicted molar refractivity (Wildman–Crippen MR) is 131 cm³/mol. The number of nitrogens with two attached hydrogens (primary N) is 4. The van der Waals surface area contributed by atoms with Gasteiger partial charge >= 0.3 is 0 Å². The summed E-state index contributed by atoms with van der Waals surface area (Å²) in [5.74, 6) is -0.845. The van der Waals surface area contributed by atoms with Crippen LogP contribution >= 0.6 is 0 Å². The predicted octanol–water partition coefficient (Wildman–Crippen LogP) is -8.42. The molecule has 3 fully saturated rings. The standard InChI is InChI=1S/C22H43N5O13/c23-2-1-8(29)20(36)27-7-3-6(25)18(39-22-16(34)15(33)13(31)9(4-24)37-22)17(35)19(7)40-21-14(32)11(26)12(30)10(5-28)38-21/h6-19,21-22,28-35H,1-5,23-26H2,(H,27,36)/t6-,7-,8-,9+,10+,11-,12-,13-,14-,15-,16-,17+,18+,19-,21-,22-/m1/s1. The maximum atomic E-state index is 12.6. The van der Waals surface area contributed by atoms with Gasteiger partial charge in [0.2, 0.25) is 5.91 Å². The minimum atomic E-state index is -1.76. The number of nitrogens with one attached hydrogen (secondary N) is 1. The summed E-state index contributed by atoms with van der Waals surface area (Å²) >= 11 is 0. The Balaban J connectivity index is 1.85. The van der Waals surface area contributed by atoms with Gasteiger partial charge < -0.3 is 88.1 Å². The number of aliphatic hydroxyl groups is 8. The molecule has 18 heteroatoms. The van der Waals surface area contributed by atoms with Crippen molar-refractivity contribution in [3.8, 4) is 0 Å². The zero-order valence-corrected chi connectivity index (χ0v) is 21.7. The zero-order valence-electron chi connectivity index (χ0n) is 21.7. The molecule has 1 amide bonds. The minimum absolute atomic E-state index is 0.0101. The number of ether oxygens (including phenoxy) is 4. The van der Waals surface area contributed by atoms with Gasteiger partial charge in [-0.1, -0.05) is 0 Å². The van der Waals surface area contributed by atoms with Crippen LogP contribution in [0, 0.1) is 0 Å². The zero-order chi connectivity index (χ0) is 29.9. The minimum Gasteiger partial charge on any atom is -0.394 e. The van der Waals surface area contributed by atoms with E-state index in [1.807, 2.05) is 0 Å². The molecule has 16 atom stereocenters. The number of carbonyl (C=O) groups is 1. The molecule has 234 valence electrons. The number of hydrogen-bond acceptors (Lipinski definition) is 17. The monoisotopic (exact) mass is 585 g/mol. The number of amides is 1. The lowest BCUT2D eigenvalue weighted by molar-refractivity contribution is -0.332. The average molecular weight is 586 g/mol.